The van der Waals surface area contributed by atoms with Crippen molar-refractivity contribution in [1.82, 2.24) is 5.32 Å². The fraction of sp³-hybridized carbons (Fsp3) is 0.263. The fourth-order valence-corrected chi connectivity index (χ4v) is 2.45. The topological polar surface area (TPSA) is 66.4 Å². The van der Waals surface area contributed by atoms with E-state index in [1.54, 1.807) is 56.3 Å². The molecule has 0 aliphatic carbocycles. The van der Waals surface area contributed by atoms with Gasteiger partial charge < -0.3 is 10.4 Å². The maximum atomic E-state index is 13.0. The molecule has 0 aromatic heterocycles. The van der Waals surface area contributed by atoms with Gasteiger partial charge in [-0.15, -0.1) is 0 Å². The van der Waals surface area contributed by atoms with Gasteiger partial charge in [-0.25, -0.2) is 4.39 Å². The van der Waals surface area contributed by atoms with Crippen LogP contribution in [0, 0.1) is 5.82 Å². The van der Waals surface area contributed by atoms with Crippen molar-refractivity contribution in [1.29, 1.82) is 0 Å². The molecule has 0 saturated heterocycles. The Labute approximate surface area is 140 Å². The molecule has 5 heteroatoms. The smallest absolute Gasteiger partial charge is 0.312 e. The van der Waals surface area contributed by atoms with Crippen molar-refractivity contribution in [3.05, 3.63) is 71.5 Å². The normalized spacial score (nSPS) is 12.5. The van der Waals surface area contributed by atoms with E-state index >= 15 is 0 Å². The molecule has 0 aliphatic heterocycles. The molecule has 1 amide bonds. The van der Waals surface area contributed by atoms with E-state index in [0.717, 1.165) is 0 Å². The van der Waals surface area contributed by atoms with Crippen molar-refractivity contribution in [2.75, 3.05) is 6.54 Å². The molecule has 0 spiro atoms. The van der Waals surface area contributed by atoms with Crippen molar-refractivity contribution in [3.8, 4) is 0 Å². The number of rotatable bonds is 6. The van der Waals surface area contributed by atoms with E-state index in [1.807, 2.05) is 0 Å². The average Bonchev–Trinajstić information content (AvgIpc) is 2.56. The van der Waals surface area contributed by atoms with Gasteiger partial charge in [-0.3, -0.25) is 9.59 Å². The molecule has 2 N–H and O–H groups in total. The summed E-state index contributed by atoms with van der Waals surface area (Å²) in [5, 5.41) is 12.1. The second-order valence-corrected chi connectivity index (χ2v) is 6.14. The van der Waals surface area contributed by atoms with Crippen LogP contribution in [0.2, 0.25) is 0 Å². The van der Waals surface area contributed by atoms with E-state index in [-0.39, 0.29) is 18.3 Å². The number of carboxylic acids is 1. The Morgan fingerprint density at radius 3 is 2.21 bits per heavy atom. The van der Waals surface area contributed by atoms with Gasteiger partial charge in [0.2, 0.25) is 5.91 Å². The lowest BCUT2D eigenvalue weighted by Crippen LogP contribution is -2.42. The first kappa shape index (κ1) is 17.7. The number of amides is 1. The molecule has 0 radical (unpaired) electrons. The molecular formula is C19H20FNO3. The van der Waals surface area contributed by atoms with Gasteiger partial charge in [0.15, 0.2) is 0 Å². The molecule has 2 rings (SSSR count). The molecule has 2 aromatic rings. The molecule has 126 valence electrons. The van der Waals surface area contributed by atoms with Gasteiger partial charge in [0, 0.05) is 6.54 Å². The minimum Gasteiger partial charge on any atom is -0.481 e. The van der Waals surface area contributed by atoms with Gasteiger partial charge in [0.1, 0.15) is 5.82 Å². The zero-order chi connectivity index (χ0) is 17.7. The number of nitrogens with one attached hydrogen (secondary N) is 1. The van der Waals surface area contributed by atoms with Crippen LogP contribution in [0.3, 0.4) is 0 Å². The van der Waals surface area contributed by atoms with Gasteiger partial charge in [-0.05, 0) is 37.1 Å². The Balaban J connectivity index is 2.10. The van der Waals surface area contributed by atoms with Crippen molar-refractivity contribution in [2.24, 2.45) is 0 Å². The van der Waals surface area contributed by atoms with Crippen LogP contribution >= 0.6 is 0 Å². The van der Waals surface area contributed by atoms with Gasteiger partial charge >= 0.3 is 5.97 Å². The molecular weight excluding hydrogens is 309 g/mol. The lowest BCUT2D eigenvalue weighted by molar-refractivity contribution is -0.138. The fourth-order valence-electron chi connectivity index (χ4n) is 2.45. The van der Waals surface area contributed by atoms with E-state index in [2.05, 4.69) is 5.32 Å². The van der Waals surface area contributed by atoms with Crippen LogP contribution in [0.4, 0.5) is 4.39 Å². The molecule has 2 aromatic carbocycles. The Morgan fingerprint density at radius 1 is 1.08 bits per heavy atom. The van der Waals surface area contributed by atoms with Crippen LogP contribution in [0.1, 0.15) is 30.9 Å². The Morgan fingerprint density at radius 2 is 1.67 bits per heavy atom. The standard InChI is InChI=1S/C19H20FNO3/c1-19(2,14-8-10-15(20)11-9-14)18(24)21-12-16(17(22)23)13-6-4-3-5-7-13/h3-11,16H,12H2,1-2H3,(H,21,24)(H,22,23). The molecule has 0 bridgehead atoms. The zero-order valence-electron chi connectivity index (χ0n) is 13.6. The molecule has 4 nitrogen and oxygen atoms in total. The number of halogens is 1. The lowest BCUT2D eigenvalue weighted by atomic mass is 9.83. The second-order valence-electron chi connectivity index (χ2n) is 6.14. The summed E-state index contributed by atoms with van der Waals surface area (Å²) in [6.45, 7) is 3.42. The quantitative estimate of drug-likeness (QED) is 0.856. The number of hydrogen-bond acceptors (Lipinski definition) is 2. The highest BCUT2D eigenvalue weighted by Crippen LogP contribution is 2.24. The summed E-state index contributed by atoms with van der Waals surface area (Å²) in [6, 6.07) is 14.5. The van der Waals surface area contributed by atoms with E-state index in [9.17, 15) is 19.1 Å². The van der Waals surface area contributed by atoms with Crippen molar-refractivity contribution >= 4 is 11.9 Å². The summed E-state index contributed by atoms with van der Waals surface area (Å²) in [7, 11) is 0. The number of hydrogen-bond donors (Lipinski definition) is 2. The van der Waals surface area contributed by atoms with Gasteiger partial charge in [-0.2, -0.15) is 0 Å². The van der Waals surface area contributed by atoms with E-state index in [1.165, 1.54) is 12.1 Å². The Kier molecular flexibility index (Phi) is 5.34. The lowest BCUT2D eigenvalue weighted by Gasteiger charge is -2.25. The minimum atomic E-state index is -0.999. The van der Waals surface area contributed by atoms with Crippen LogP contribution in [-0.2, 0) is 15.0 Å². The third kappa shape index (κ3) is 3.98. The zero-order valence-corrected chi connectivity index (χ0v) is 13.6. The SMILES string of the molecule is CC(C)(C(=O)NCC(C(=O)O)c1ccccc1)c1ccc(F)cc1. The number of aliphatic carboxylic acids is 1. The average molecular weight is 329 g/mol. The summed E-state index contributed by atoms with van der Waals surface area (Å²) in [4.78, 5) is 24.0. The molecule has 0 aliphatic rings. The van der Waals surface area contributed by atoms with Gasteiger partial charge in [0.05, 0.1) is 11.3 Å². The predicted octanol–water partition coefficient (Wildman–Crippen LogP) is 3.09. The molecule has 0 fully saturated rings. The first-order chi connectivity index (χ1) is 11.3. The van der Waals surface area contributed by atoms with Crippen LogP contribution in [0.5, 0.6) is 0 Å². The van der Waals surface area contributed by atoms with Gasteiger partial charge in [-0.1, -0.05) is 42.5 Å². The van der Waals surface area contributed by atoms with Crippen LogP contribution in [-0.4, -0.2) is 23.5 Å². The third-order valence-corrected chi connectivity index (χ3v) is 4.10. The molecule has 0 saturated carbocycles. The minimum absolute atomic E-state index is 0.0111. The summed E-state index contributed by atoms with van der Waals surface area (Å²) < 4.78 is 13.0. The van der Waals surface area contributed by atoms with E-state index < -0.39 is 17.3 Å². The second kappa shape index (κ2) is 7.25. The first-order valence-corrected chi connectivity index (χ1v) is 7.64. The number of carbonyl (C=O) groups excluding carboxylic acids is 1. The molecule has 1 atom stereocenters. The van der Waals surface area contributed by atoms with Gasteiger partial charge in [0.25, 0.3) is 0 Å². The number of carboxylic acid groups (broad SMARTS) is 1. The number of carbonyl (C=O) groups is 2. The first-order valence-electron chi connectivity index (χ1n) is 7.64. The third-order valence-electron chi connectivity index (χ3n) is 4.10. The van der Waals surface area contributed by atoms with Crippen LogP contribution in [0.25, 0.3) is 0 Å². The Hall–Kier alpha value is -2.69. The van der Waals surface area contributed by atoms with E-state index in [4.69, 9.17) is 0 Å². The maximum absolute atomic E-state index is 13.0. The largest absolute Gasteiger partial charge is 0.481 e. The summed E-state index contributed by atoms with van der Waals surface area (Å²) >= 11 is 0. The van der Waals surface area contributed by atoms with Crippen LogP contribution < -0.4 is 5.32 Å². The van der Waals surface area contributed by atoms with Crippen molar-refractivity contribution < 1.29 is 19.1 Å². The molecule has 1 unspecified atom stereocenters. The van der Waals surface area contributed by atoms with E-state index in [0.29, 0.717) is 11.1 Å². The molecule has 0 heterocycles. The highest BCUT2D eigenvalue weighted by atomic mass is 19.1. The summed E-state index contributed by atoms with van der Waals surface area (Å²) in [5.74, 6) is -2.50. The van der Waals surface area contributed by atoms with Crippen molar-refractivity contribution in [2.45, 2.75) is 25.2 Å². The highest BCUT2D eigenvalue weighted by molar-refractivity contribution is 5.88. The number of benzene rings is 2. The van der Waals surface area contributed by atoms with Crippen LogP contribution in [0.15, 0.2) is 54.6 Å². The van der Waals surface area contributed by atoms with Crippen molar-refractivity contribution in [3.63, 3.8) is 0 Å². The summed E-state index contributed by atoms with van der Waals surface area (Å²) in [5.41, 5.74) is 0.394. The summed E-state index contributed by atoms with van der Waals surface area (Å²) in [6.07, 6.45) is 0. The monoisotopic (exact) mass is 329 g/mol. The highest BCUT2D eigenvalue weighted by Gasteiger charge is 2.31. The Bertz CT molecular complexity index is 711. The molecule has 24 heavy (non-hydrogen) atoms. The maximum Gasteiger partial charge on any atom is 0.312 e. The predicted molar refractivity (Wildman–Crippen MR) is 89.3 cm³/mol.